The molecule has 36 heavy (non-hydrogen) atoms. The summed E-state index contributed by atoms with van der Waals surface area (Å²) in [4.78, 5) is 25.9. The van der Waals surface area contributed by atoms with Crippen molar-refractivity contribution < 1.29 is 14.0 Å². The Morgan fingerprint density at radius 2 is 1.56 bits per heavy atom. The predicted octanol–water partition coefficient (Wildman–Crippen LogP) is 6.94. The number of rotatable bonds is 7. The van der Waals surface area contributed by atoms with Crippen molar-refractivity contribution in [3.8, 4) is 0 Å². The van der Waals surface area contributed by atoms with E-state index in [1.807, 2.05) is 42.5 Å². The van der Waals surface area contributed by atoms with Gasteiger partial charge in [0.2, 0.25) is 5.91 Å². The maximum absolute atomic E-state index is 13.1. The molecule has 5 aromatic rings. The number of aromatic nitrogens is 1. The van der Waals surface area contributed by atoms with Crippen molar-refractivity contribution in [1.29, 1.82) is 0 Å². The summed E-state index contributed by atoms with van der Waals surface area (Å²) in [6.45, 7) is 3.00. The van der Waals surface area contributed by atoms with Gasteiger partial charge in [-0.15, -0.1) is 11.8 Å². The van der Waals surface area contributed by atoms with Crippen molar-refractivity contribution >= 4 is 56.8 Å². The Morgan fingerprint density at radius 1 is 0.806 bits per heavy atom. The third-order valence-electron chi connectivity index (χ3n) is 5.94. The minimum atomic E-state index is -0.393. The SMILES string of the molecule is CCn1c2ccccc2c2cc(NC(=O)CSc3cccc(NC(=O)c4ccc(F)cc4)c3)ccc21. The van der Waals surface area contributed by atoms with Gasteiger partial charge < -0.3 is 15.2 Å². The zero-order valence-electron chi connectivity index (χ0n) is 19.6. The molecule has 2 N–H and O–H groups in total. The van der Waals surface area contributed by atoms with Crippen LogP contribution in [0, 0.1) is 5.82 Å². The molecule has 0 saturated heterocycles. The highest BCUT2D eigenvalue weighted by Gasteiger charge is 2.12. The molecular weight excluding hydrogens is 473 g/mol. The molecule has 0 aliphatic rings. The monoisotopic (exact) mass is 497 g/mol. The van der Waals surface area contributed by atoms with Crippen LogP contribution in [0.1, 0.15) is 17.3 Å². The van der Waals surface area contributed by atoms with Crippen molar-refractivity contribution in [2.45, 2.75) is 18.4 Å². The second-order valence-corrected chi connectivity index (χ2v) is 9.37. The van der Waals surface area contributed by atoms with Gasteiger partial charge in [-0.1, -0.05) is 24.3 Å². The quantitative estimate of drug-likeness (QED) is 0.240. The molecule has 5 nitrogen and oxygen atoms in total. The Hall–Kier alpha value is -4.10. The minimum Gasteiger partial charge on any atom is -0.341 e. The van der Waals surface area contributed by atoms with Crippen LogP contribution in [0.5, 0.6) is 0 Å². The van der Waals surface area contributed by atoms with E-state index in [1.165, 1.54) is 46.9 Å². The molecule has 0 bridgehead atoms. The molecule has 0 aliphatic heterocycles. The Bertz CT molecular complexity index is 1580. The fraction of sp³-hybridized carbons (Fsp3) is 0.103. The van der Waals surface area contributed by atoms with E-state index in [0.29, 0.717) is 11.3 Å². The fourth-order valence-corrected chi connectivity index (χ4v) is 5.04. The maximum Gasteiger partial charge on any atom is 0.255 e. The summed E-state index contributed by atoms with van der Waals surface area (Å²) in [5, 5.41) is 8.09. The summed E-state index contributed by atoms with van der Waals surface area (Å²) in [6.07, 6.45) is 0. The number of nitrogens with zero attached hydrogens (tertiary/aromatic N) is 1. The van der Waals surface area contributed by atoms with E-state index in [0.717, 1.165) is 28.0 Å². The first kappa shape index (κ1) is 23.6. The Morgan fingerprint density at radius 3 is 2.36 bits per heavy atom. The van der Waals surface area contributed by atoms with Gasteiger partial charge in [-0.05, 0) is 73.7 Å². The third-order valence-corrected chi connectivity index (χ3v) is 6.93. The van der Waals surface area contributed by atoms with Crippen LogP contribution in [-0.2, 0) is 11.3 Å². The number of thioether (sulfide) groups is 1. The summed E-state index contributed by atoms with van der Waals surface area (Å²) in [5.41, 5.74) is 4.05. The number of carbonyl (C=O) groups is 2. The highest BCUT2D eigenvalue weighted by atomic mass is 32.2. The molecule has 0 spiro atoms. The minimum absolute atomic E-state index is 0.112. The first-order valence-corrected chi connectivity index (χ1v) is 12.6. The summed E-state index contributed by atoms with van der Waals surface area (Å²) in [7, 11) is 0. The number of carbonyl (C=O) groups excluding carboxylic acids is 2. The van der Waals surface area contributed by atoms with E-state index in [9.17, 15) is 14.0 Å². The van der Waals surface area contributed by atoms with Gasteiger partial charge >= 0.3 is 0 Å². The van der Waals surface area contributed by atoms with Gasteiger partial charge in [0.05, 0.1) is 5.75 Å². The molecule has 7 heteroatoms. The number of para-hydroxylation sites is 1. The first-order valence-electron chi connectivity index (χ1n) is 11.6. The summed E-state index contributed by atoms with van der Waals surface area (Å²) >= 11 is 1.38. The number of fused-ring (bicyclic) bond motifs is 3. The molecule has 0 aliphatic carbocycles. The maximum atomic E-state index is 13.1. The van der Waals surface area contributed by atoms with Crippen molar-refractivity contribution in [2.75, 3.05) is 16.4 Å². The topological polar surface area (TPSA) is 63.1 Å². The molecule has 0 atom stereocenters. The Kier molecular flexibility index (Phi) is 6.73. The molecule has 0 unspecified atom stereocenters. The molecule has 5 rings (SSSR count). The second kappa shape index (κ2) is 10.3. The van der Waals surface area contributed by atoms with Crippen molar-refractivity contribution in [2.24, 2.45) is 0 Å². The van der Waals surface area contributed by atoms with Crippen LogP contribution >= 0.6 is 11.8 Å². The second-order valence-electron chi connectivity index (χ2n) is 8.32. The van der Waals surface area contributed by atoms with Crippen molar-refractivity contribution in [3.05, 3.63) is 102 Å². The van der Waals surface area contributed by atoms with Crippen LogP contribution < -0.4 is 10.6 Å². The number of nitrogens with one attached hydrogen (secondary N) is 2. The summed E-state index contributed by atoms with van der Waals surface area (Å²) in [5.74, 6) is -0.602. The summed E-state index contributed by atoms with van der Waals surface area (Å²) < 4.78 is 15.4. The lowest BCUT2D eigenvalue weighted by Crippen LogP contribution is -2.14. The Labute approximate surface area is 212 Å². The van der Waals surface area contributed by atoms with E-state index >= 15 is 0 Å². The van der Waals surface area contributed by atoms with E-state index in [-0.39, 0.29) is 17.6 Å². The van der Waals surface area contributed by atoms with Crippen molar-refractivity contribution in [3.63, 3.8) is 0 Å². The number of amides is 2. The van der Waals surface area contributed by atoms with Gasteiger partial charge in [0.1, 0.15) is 5.82 Å². The number of hydrogen-bond donors (Lipinski definition) is 2. The van der Waals surface area contributed by atoms with Gasteiger partial charge in [-0.25, -0.2) is 4.39 Å². The molecule has 4 aromatic carbocycles. The molecular formula is C29H24FN3O2S. The van der Waals surface area contributed by atoms with Gasteiger partial charge in [0, 0.05) is 50.2 Å². The predicted molar refractivity (Wildman–Crippen MR) is 145 cm³/mol. The average Bonchev–Trinajstić information content (AvgIpc) is 3.21. The van der Waals surface area contributed by atoms with E-state index in [2.05, 4.69) is 40.3 Å². The molecule has 0 fully saturated rings. The van der Waals surface area contributed by atoms with E-state index < -0.39 is 5.82 Å². The lowest BCUT2D eigenvalue weighted by molar-refractivity contribution is -0.113. The highest BCUT2D eigenvalue weighted by molar-refractivity contribution is 8.00. The smallest absolute Gasteiger partial charge is 0.255 e. The highest BCUT2D eigenvalue weighted by Crippen LogP contribution is 2.31. The van der Waals surface area contributed by atoms with Crippen LogP contribution in [0.15, 0.2) is 95.9 Å². The van der Waals surface area contributed by atoms with Gasteiger partial charge in [-0.2, -0.15) is 0 Å². The number of benzene rings is 4. The average molecular weight is 498 g/mol. The van der Waals surface area contributed by atoms with E-state index in [4.69, 9.17) is 0 Å². The molecule has 1 aromatic heterocycles. The molecule has 0 radical (unpaired) electrons. The lowest BCUT2D eigenvalue weighted by atomic mass is 10.1. The number of aryl methyl sites for hydroxylation is 1. The molecule has 180 valence electrons. The standard InChI is InChI=1S/C29H24FN3O2S/c1-2-33-26-9-4-3-8-24(26)25-17-22(14-15-27(25)33)31-28(34)18-36-23-7-5-6-21(16-23)32-29(35)19-10-12-20(30)13-11-19/h3-17H,2,18H2,1H3,(H,31,34)(H,32,35). The molecule has 2 amide bonds. The normalized spacial score (nSPS) is 11.1. The van der Waals surface area contributed by atoms with Gasteiger partial charge in [-0.3, -0.25) is 9.59 Å². The number of hydrogen-bond acceptors (Lipinski definition) is 3. The van der Waals surface area contributed by atoms with Crippen LogP contribution in [0.3, 0.4) is 0 Å². The third kappa shape index (κ3) is 4.97. The molecule has 1 heterocycles. The van der Waals surface area contributed by atoms with Gasteiger partial charge in [0.25, 0.3) is 5.91 Å². The Balaban J connectivity index is 1.24. The van der Waals surface area contributed by atoms with Crippen LogP contribution in [0.4, 0.5) is 15.8 Å². The number of halogens is 1. The summed E-state index contributed by atoms with van der Waals surface area (Å²) in [6, 6.07) is 26.9. The van der Waals surface area contributed by atoms with E-state index in [1.54, 1.807) is 6.07 Å². The number of anilines is 2. The lowest BCUT2D eigenvalue weighted by Gasteiger charge is -2.09. The zero-order chi connectivity index (χ0) is 25.1. The van der Waals surface area contributed by atoms with Crippen LogP contribution in [-0.4, -0.2) is 22.1 Å². The fourth-order valence-electron chi connectivity index (χ4n) is 4.29. The molecule has 0 saturated carbocycles. The largest absolute Gasteiger partial charge is 0.341 e. The van der Waals surface area contributed by atoms with Crippen molar-refractivity contribution in [1.82, 2.24) is 4.57 Å². The first-order chi connectivity index (χ1) is 17.5. The van der Waals surface area contributed by atoms with Crippen LogP contribution in [0.2, 0.25) is 0 Å². The zero-order valence-corrected chi connectivity index (χ0v) is 20.4. The van der Waals surface area contributed by atoms with Gasteiger partial charge in [0.15, 0.2) is 0 Å². The van der Waals surface area contributed by atoms with Crippen LogP contribution in [0.25, 0.3) is 21.8 Å².